The number of carbonyl (C=O) groups excluding carboxylic acids is 1. The van der Waals surface area contributed by atoms with Crippen molar-refractivity contribution >= 4 is 5.91 Å². The third-order valence-corrected chi connectivity index (χ3v) is 4.32. The minimum Gasteiger partial charge on any atom is -0.490 e. The molecule has 1 aromatic carbocycles. The Bertz CT molecular complexity index is 720. The predicted molar refractivity (Wildman–Crippen MR) is 97.0 cm³/mol. The van der Waals surface area contributed by atoms with Crippen LogP contribution in [0, 0.1) is 6.92 Å². The van der Waals surface area contributed by atoms with E-state index in [2.05, 4.69) is 4.98 Å². The second kappa shape index (κ2) is 8.29. The zero-order chi connectivity index (χ0) is 18.4. The zero-order valence-electron chi connectivity index (χ0n) is 14.9. The van der Waals surface area contributed by atoms with E-state index in [-0.39, 0.29) is 32.1 Å². The first-order valence-electron chi connectivity index (χ1n) is 8.70. The van der Waals surface area contributed by atoms with Crippen molar-refractivity contribution in [3.8, 4) is 5.75 Å². The Morgan fingerprint density at radius 1 is 1.35 bits per heavy atom. The number of benzene rings is 1. The number of amides is 1. The Labute approximate surface area is 153 Å². The molecule has 2 heterocycles. The molecule has 0 aliphatic carbocycles. The van der Waals surface area contributed by atoms with E-state index in [0.717, 1.165) is 11.1 Å². The van der Waals surface area contributed by atoms with Gasteiger partial charge >= 0.3 is 0 Å². The van der Waals surface area contributed by atoms with Crippen molar-refractivity contribution in [1.82, 2.24) is 9.88 Å². The lowest BCUT2D eigenvalue weighted by atomic mass is 10.1. The van der Waals surface area contributed by atoms with Gasteiger partial charge in [0.2, 0.25) is 5.91 Å². The maximum absolute atomic E-state index is 12.6. The molecule has 138 valence electrons. The molecule has 6 heteroatoms. The number of aliphatic hydroxyl groups is 1. The Hall–Kier alpha value is -2.44. The lowest BCUT2D eigenvalue weighted by Gasteiger charge is -2.30. The molecule has 1 atom stereocenters. The fraction of sp³-hybridized carbons (Fsp3) is 0.400. The highest BCUT2D eigenvalue weighted by Crippen LogP contribution is 2.18. The highest BCUT2D eigenvalue weighted by atomic mass is 16.5. The fourth-order valence-corrected chi connectivity index (χ4v) is 2.86. The predicted octanol–water partition coefficient (Wildman–Crippen LogP) is 1.60. The summed E-state index contributed by atoms with van der Waals surface area (Å²) in [7, 11) is 0. The minimum atomic E-state index is -1.24. The first-order chi connectivity index (χ1) is 12.5. The summed E-state index contributed by atoms with van der Waals surface area (Å²) in [6.07, 6.45) is 3.61. The second-order valence-electron chi connectivity index (χ2n) is 6.73. The molecule has 1 N–H and O–H groups in total. The summed E-state index contributed by atoms with van der Waals surface area (Å²) in [4.78, 5) is 18.3. The Balaban J connectivity index is 1.61. The van der Waals surface area contributed by atoms with E-state index >= 15 is 0 Å². The smallest absolute Gasteiger partial charge is 0.227 e. The van der Waals surface area contributed by atoms with Crippen LogP contribution >= 0.6 is 0 Å². The quantitative estimate of drug-likeness (QED) is 0.881. The van der Waals surface area contributed by atoms with Gasteiger partial charge in [-0.15, -0.1) is 0 Å². The molecule has 3 rings (SSSR count). The summed E-state index contributed by atoms with van der Waals surface area (Å²) < 4.78 is 11.2. The van der Waals surface area contributed by atoms with Gasteiger partial charge in [0.1, 0.15) is 18.0 Å². The number of hydrogen-bond donors (Lipinski definition) is 1. The number of nitrogens with zero attached hydrogens (tertiary/aromatic N) is 2. The molecular weight excluding hydrogens is 332 g/mol. The van der Waals surface area contributed by atoms with E-state index in [4.69, 9.17) is 9.47 Å². The monoisotopic (exact) mass is 356 g/mol. The van der Waals surface area contributed by atoms with Crippen LogP contribution in [0.3, 0.4) is 0 Å². The summed E-state index contributed by atoms with van der Waals surface area (Å²) in [5, 5.41) is 10.9. The molecule has 0 radical (unpaired) electrons. The number of ether oxygens (including phenoxy) is 2. The van der Waals surface area contributed by atoms with Crippen molar-refractivity contribution < 1.29 is 19.4 Å². The number of carbonyl (C=O) groups is 1. The van der Waals surface area contributed by atoms with Gasteiger partial charge in [0.15, 0.2) is 0 Å². The van der Waals surface area contributed by atoms with E-state index < -0.39 is 5.60 Å². The van der Waals surface area contributed by atoms with Crippen LogP contribution in [0.5, 0.6) is 5.75 Å². The van der Waals surface area contributed by atoms with Gasteiger partial charge in [0.05, 0.1) is 26.2 Å². The molecular formula is C20H24N2O4. The molecule has 26 heavy (non-hydrogen) atoms. The number of β-amino-alcohol motifs (C(OH)–C–C–N with tert-alkyl or cyclic N) is 1. The van der Waals surface area contributed by atoms with Crippen molar-refractivity contribution in [3.63, 3.8) is 0 Å². The zero-order valence-corrected chi connectivity index (χ0v) is 14.9. The van der Waals surface area contributed by atoms with Gasteiger partial charge in [-0.2, -0.15) is 0 Å². The Kier molecular flexibility index (Phi) is 5.85. The molecule has 1 aliphatic heterocycles. The first-order valence-corrected chi connectivity index (χ1v) is 8.70. The lowest BCUT2D eigenvalue weighted by Crippen LogP contribution is -2.50. The van der Waals surface area contributed by atoms with Crippen LogP contribution in [0.2, 0.25) is 0 Å². The number of hydrogen-bond acceptors (Lipinski definition) is 5. The number of aromatic nitrogens is 1. The minimum absolute atomic E-state index is 0.0581. The van der Waals surface area contributed by atoms with Crippen LogP contribution in [0.15, 0.2) is 48.8 Å². The topological polar surface area (TPSA) is 71.9 Å². The number of rotatable bonds is 5. The van der Waals surface area contributed by atoms with Crippen LogP contribution in [0.25, 0.3) is 0 Å². The Morgan fingerprint density at radius 2 is 2.15 bits per heavy atom. The third kappa shape index (κ3) is 5.03. The average molecular weight is 356 g/mol. The van der Waals surface area contributed by atoms with E-state index in [1.807, 2.05) is 37.3 Å². The van der Waals surface area contributed by atoms with Crippen LogP contribution in [0.4, 0.5) is 0 Å². The third-order valence-electron chi connectivity index (χ3n) is 4.32. The van der Waals surface area contributed by atoms with Crippen LogP contribution < -0.4 is 4.74 Å². The second-order valence-corrected chi connectivity index (χ2v) is 6.73. The van der Waals surface area contributed by atoms with Gasteiger partial charge in [0.25, 0.3) is 0 Å². The van der Waals surface area contributed by atoms with E-state index in [1.165, 1.54) is 0 Å². The average Bonchev–Trinajstić information content (AvgIpc) is 2.84. The van der Waals surface area contributed by atoms with Crippen molar-refractivity contribution in [2.45, 2.75) is 18.9 Å². The largest absolute Gasteiger partial charge is 0.490 e. The first kappa shape index (κ1) is 18.4. The van der Waals surface area contributed by atoms with Crippen LogP contribution in [0.1, 0.15) is 11.1 Å². The summed E-state index contributed by atoms with van der Waals surface area (Å²) in [6, 6.07) is 11.3. The SMILES string of the molecule is Cc1ccc(OC[C@@]2(O)COCCN(C(=O)Cc3cccnc3)C2)cc1. The van der Waals surface area contributed by atoms with Crippen LogP contribution in [-0.4, -0.2) is 59.4 Å². The maximum Gasteiger partial charge on any atom is 0.227 e. The van der Waals surface area contributed by atoms with Gasteiger partial charge < -0.3 is 19.5 Å². The van der Waals surface area contributed by atoms with E-state index in [1.54, 1.807) is 23.4 Å². The lowest BCUT2D eigenvalue weighted by molar-refractivity contribution is -0.134. The van der Waals surface area contributed by atoms with E-state index in [0.29, 0.717) is 18.9 Å². The molecule has 6 nitrogen and oxygen atoms in total. The number of pyridine rings is 1. The molecule has 0 saturated carbocycles. The molecule has 0 spiro atoms. The van der Waals surface area contributed by atoms with Crippen LogP contribution in [-0.2, 0) is 16.0 Å². The summed E-state index contributed by atoms with van der Waals surface area (Å²) in [6.45, 7) is 3.22. The van der Waals surface area contributed by atoms with Crippen molar-refractivity contribution in [1.29, 1.82) is 0 Å². The molecule has 1 aromatic heterocycles. The normalized spacial score (nSPS) is 20.5. The fourth-order valence-electron chi connectivity index (χ4n) is 2.86. The van der Waals surface area contributed by atoms with Gasteiger partial charge in [-0.3, -0.25) is 9.78 Å². The molecule has 1 aliphatic rings. The van der Waals surface area contributed by atoms with Crippen molar-refractivity contribution in [2.75, 3.05) is 32.9 Å². The standard InChI is InChI=1S/C20H24N2O4/c1-16-4-6-18(7-5-16)26-15-20(24)13-22(9-10-25-14-20)19(23)11-17-3-2-8-21-12-17/h2-8,12,24H,9-11,13-15H2,1H3/t20-/m0/s1. The highest BCUT2D eigenvalue weighted by molar-refractivity contribution is 5.78. The van der Waals surface area contributed by atoms with Gasteiger partial charge in [0, 0.05) is 18.9 Å². The molecule has 0 unspecified atom stereocenters. The van der Waals surface area contributed by atoms with Crippen molar-refractivity contribution in [2.24, 2.45) is 0 Å². The molecule has 1 amide bonds. The molecule has 1 fully saturated rings. The molecule has 0 bridgehead atoms. The maximum atomic E-state index is 12.6. The van der Waals surface area contributed by atoms with Gasteiger partial charge in [-0.1, -0.05) is 23.8 Å². The highest BCUT2D eigenvalue weighted by Gasteiger charge is 2.35. The molecule has 2 aromatic rings. The summed E-state index contributed by atoms with van der Waals surface area (Å²) >= 11 is 0. The van der Waals surface area contributed by atoms with Gasteiger partial charge in [-0.25, -0.2) is 0 Å². The van der Waals surface area contributed by atoms with Gasteiger partial charge in [-0.05, 0) is 30.7 Å². The van der Waals surface area contributed by atoms with E-state index in [9.17, 15) is 9.90 Å². The number of aryl methyl sites for hydroxylation is 1. The summed E-state index contributed by atoms with van der Waals surface area (Å²) in [5.74, 6) is 0.624. The summed E-state index contributed by atoms with van der Waals surface area (Å²) in [5.41, 5.74) is 0.745. The Morgan fingerprint density at radius 3 is 2.88 bits per heavy atom. The molecule has 1 saturated heterocycles. The van der Waals surface area contributed by atoms with Crippen molar-refractivity contribution in [3.05, 3.63) is 59.9 Å².